The van der Waals surface area contributed by atoms with Crippen molar-refractivity contribution in [1.82, 2.24) is 5.32 Å². The van der Waals surface area contributed by atoms with Crippen LogP contribution in [0.5, 0.6) is 0 Å². The smallest absolute Gasteiger partial charge is 0.407 e. The highest BCUT2D eigenvalue weighted by Gasteiger charge is 2.24. The third-order valence-electron chi connectivity index (χ3n) is 3.59. The molecule has 0 heterocycles. The highest BCUT2D eigenvalue weighted by Crippen LogP contribution is 2.22. The number of benzene rings is 1. The third-order valence-corrected chi connectivity index (χ3v) is 3.59. The zero-order valence-electron chi connectivity index (χ0n) is 13.2. The van der Waals surface area contributed by atoms with E-state index in [2.05, 4.69) is 22.8 Å². The van der Waals surface area contributed by atoms with Gasteiger partial charge in [0.2, 0.25) is 0 Å². The molecule has 1 aliphatic rings. The first-order valence-corrected chi connectivity index (χ1v) is 7.73. The van der Waals surface area contributed by atoms with Gasteiger partial charge in [-0.1, -0.05) is 18.2 Å². The molecule has 1 amide bonds. The Morgan fingerprint density at radius 1 is 1.05 bits per heavy atom. The van der Waals surface area contributed by atoms with Crippen LogP contribution in [0.4, 0.5) is 10.5 Å². The molecule has 0 bridgehead atoms. The van der Waals surface area contributed by atoms with Crippen molar-refractivity contribution >= 4 is 11.8 Å². The molecule has 0 atom stereocenters. The molecule has 21 heavy (non-hydrogen) atoms. The first-order valence-electron chi connectivity index (χ1n) is 7.73. The van der Waals surface area contributed by atoms with Gasteiger partial charge in [-0.15, -0.1) is 0 Å². The van der Waals surface area contributed by atoms with E-state index in [9.17, 15) is 4.79 Å². The van der Waals surface area contributed by atoms with Crippen LogP contribution in [-0.2, 0) is 4.74 Å². The number of amides is 1. The molecule has 1 fully saturated rings. The number of nitrogens with one attached hydrogen (secondary N) is 2. The first kappa shape index (κ1) is 15.7. The zero-order chi connectivity index (χ0) is 15.3. The number of carbonyl (C=O) groups excluding carboxylic acids is 1. The van der Waals surface area contributed by atoms with E-state index >= 15 is 0 Å². The summed E-state index contributed by atoms with van der Waals surface area (Å²) in [5.74, 6) is 0. The predicted molar refractivity (Wildman–Crippen MR) is 85.5 cm³/mol. The number of rotatable bonds is 3. The van der Waals surface area contributed by atoms with E-state index in [4.69, 9.17) is 4.74 Å². The molecule has 1 aromatic carbocycles. The summed E-state index contributed by atoms with van der Waals surface area (Å²) >= 11 is 0. The third kappa shape index (κ3) is 5.66. The molecule has 0 unspecified atom stereocenters. The van der Waals surface area contributed by atoms with Crippen molar-refractivity contribution < 1.29 is 9.53 Å². The quantitative estimate of drug-likeness (QED) is 0.886. The fourth-order valence-electron chi connectivity index (χ4n) is 2.63. The van der Waals surface area contributed by atoms with E-state index in [1.54, 1.807) is 0 Å². The molecular formula is C17H26N2O2. The van der Waals surface area contributed by atoms with E-state index in [0.29, 0.717) is 6.04 Å². The Balaban J connectivity index is 1.72. The average molecular weight is 290 g/mol. The molecule has 0 spiro atoms. The fourth-order valence-corrected chi connectivity index (χ4v) is 2.63. The van der Waals surface area contributed by atoms with Gasteiger partial charge in [0.25, 0.3) is 0 Å². The van der Waals surface area contributed by atoms with Crippen LogP contribution in [0, 0.1) is 0 Å². The van der Waals surface area contributed by atoms with Gasteiger partial charge in [0.15, 0.2) is 0 Å². The Kier molecular flexibility index (Phi) is 5.10. The maximum Gasteiger partial charge on any atom is 0.407 e. The summed E-state index contributed by atoms with van der Waals surface area (Å²) < 4.78 is 5.30. The van der Waals surface area contributed by atoms with E-state index in [1.807, 2.05) is 39.0 Å². The van der Waals surface area contributed by atoms with Gasteiger partial charge in [-0.05, 0) is 58.6 Å². The van der Waals surface area contributed by atoms with Crippen molar-refractivity contribution in [1.29, 1.82) is 0 Å². The Labute approximate surface area is 127 Å². The lowest BCUT2D eigenvalue weighted by Gasteiger charge is -2.31. The van der Waals surface area contributed by atoms with Crippen LogP contribution in [-0.4, -0.2) is 23.8 Å². The van der Waals surface area contributed by atoms with Crippen LogP contribution >= 0.6 is 0 Å². The Bertz CT molecular complexity index is 446. The molecule has 0 aromatic heterocycles. The second-order valence-corrected chi connectivity index (χ2v) is 6.71. The summed E-state index contributed by atoms with van der Waals surface area (Å²) in [4.78, 5) is 11.8. The Morgan fingerprint density at radius 3 is 2.19 bits per heavy atom. The monoisotopic (exact) mass is 290 g/mol. The second kappa shape index (κ2) is 6.83. The van der Waals surface area contributed by atoms with Crippen molar-refractivity contribution in [3.63, 3.8) is 0 Å². The van der Waals surface area contributed by atoms with Gasteiger partial charge in [-0.3, -0.25) is 0 Å². The topological polar surface area (TPSA) is 50.4 Å². The van der Waals surface area contributed by atoms with Crippen molar-refractivity contribution in [2.75, 3.05) is 5.32 Å². The van der Waals surface area contributed by atoms with E-state index in [1.165, 1.54) is 5.69 Å². The minimum Gasteiger partial charge on any atom is -0.444 e. The maximum atomic E-state index is 11.8. The minimum atomic E-state index is -0.434. The van der Waals surface area contributed by atoms with Gasteiger partial charge in [0.05, 0.1) is 0 Å². The van der Waals surface area contributed by atoms with Gasteiger partial charge in [0.1, 0.15) is 5.60 Å². The Morgan fingerprint density at radius 2 is 1.62 bits per heavy atom. The van der Waals surface area contributed by atoms with Crippen LogP contribution in [0.15, 0.2) is 30.3 Å². The number of anilines is 1. The van der Waals surface area contributed by atoms with Crippen molar-refractivity contribution in [3.8, 4) is 0 Å². The summed E-state index contributed by atoms with van der Waals surface area (Å²) in [6.45, 7) is 5.65. The van der Waals surface area contributed by atoms with Crippen LogP contribution in [0.2, 0.25) is 0 Å². The molecule has 4 nitrogen and oxygen atoms in total. The lowest BCUT2D eigenvalue weighted by atomic mass is 9.91. The molecule has 1 saturated carbocycles. The van der Waals surface area contributed by atoms with Crippen molar-refractivity contribution in [2.45, 2.75) is 64.1 Å². The van der Waals surface area contributed by atoms with E-state index in [-0.39, 0.29) is 12.1 Å². The molecular weight excluding hydrogens is 264 g/mol. The molecule has 0 saturated heterocycles. The minimum absolute atomic E-state index is 0.230. The van der Waals surface area contributed by atoms with Gasteiger partial charge in [-0.25, -0.2) is 4.79 Å². The van der Waals surface area contributed by atoms with Crippen LogP contribution < -0.4 is 10.6 Å². The van der Waals surface area contributed by atoms with Crippen molar-refractivity contribution in [3.05, 3.63) is 30.3 Å². The molecule has 0 radical (unpaired) electrons. The first-order chi connectivity index (χ1) is 9.92. The highest BCUT2D eigenvalue weighted by atomic mass is 16.6. The van der Waals surface area contributed by atoms with Gasteiger partial charge in [-0.2, -0.15) is 0 Å². The maximum absolute atomic E-state index is 11.8. The van der Waals surface area contributed by atoms with Crippen LogP contribution in [0.1, 0.15) is 46.5 Å². The number of alkyl carbamates (subject to hydrolysis) is 1. The zero-order valence-corrected chi connectivity index (χ0v) is 13.2. The molecule has 2 rings (SSSR count). The predicted octanol–water partition coefficient (Wildman–Crippen LogP) is 3.93. The molecule has 0 aliphatic heterocycles. The second-order valence-electron chi connectivity index (χ2n) is 6.71. The van der Waals surface area contributed by atoms with Crippen LogP contribution in [0.3, 0.4) is 0 Å². The van der Waals surface area contributed by atoms with E-state index < -0.39 is 5.60 Å². The highest BCUT2D eigenvalue weighted by molar-refractivity contribution is 5.68. The largest absolute Gasteiger partial charge is 0.444 e. The number of carbonyl (C=O) groups is 1. The average Bonchev–Trinajstić information content (AvgIpc) is 2.40. The van der Waals surface area contributed by atoms with Gasteiger partial charge < -0.3 is 15.4 Å². The number of para-hydroxylation sites is 1. The molecule has 1 aromatic rings. The molecule has 1 aliphatic carbocycles. The lowest BCUT2D eigenvalue weighted by molar-refractivity contribution is 0.0492. The number of hydrogen-bond donors (Lipinski definition) is 2. The summed E-state index contributed by atoms with van der Waals surface area (Å²) in [6, 6.07) is 11.0. The molecule has 4 heteroatoms. The fraction of sp³-hybridized carbons (Fsp3) is 0.588. The van der Waals surface area contributed by atoms with Gasteiger partial charge in [0, 0.05) is 17.8 Å². The van der Waals surface area contributed by atoms with Crippen LogP contribution in [0.25, 0.3) is 0 Å². The SMILES string of the molecule is CC(C)(C)OC(=O)N[C@H]1CC[C@H](Nc2ccccc2)CC1. The van der Waals surface area contributed by atoms with Crippen molar-refractivity contribution in [2.24, 2.45) is 0 Å². The lowest BCUT2D eigenvalue weighted by Crippen LogP contribution is -2.42. The standard InChI is InChI=1S/C17H26N2O2/c1-17(2,3)21-16(20)19-15-11-9-14(10-12-15)18-13-7-5-4-6-8-13/h4-8,14-15,18H,9-12H2,1-3H3,(H,19,20)/t14-,15-. The molecule has 2 N–H and O–H groups in total. The number of hydrogen-bond acceptors (Lipinski definition) is 3. The summed E-state index contributed by atoms with van der Waals surface area (Å²) in [5.41, 5.74) is 0.733. The number of ether oxygens (including phenoxy) is 1. The van der Waals surface area contributed by atoms with Gasteiger partial charge >= 0.3 is 6.09 Å². The summed E-state index contributed by atoms with van der Waals surface area (Å²) in [7, 11) is 0. The normalized spacial score (nSPS) is 22.4. The summed E-state index contributed by atoms with van der Waals surface area (Å²) in [5, 5.41) is 6.52. The molecule has 116 valence electrons. The van der Waals surface area contributed by atoms with E-state index in [0.717, 1.165) is 25.7 Å². The summed E-state index contributed by atoms with van der Waals surface area (Å²) in [6.07, 6.45) is 3.81. The Hall–Kier alpha value is -1.71.